The molecule has 0 bridgehead atoms. The highest BCUT2D eigenvalue weighted by Crippen LogP contribution is 2.33. The van der Waals surface area contributed by atoms with Crippen LogP contribution in [-0.2, 0) is 23.5 Å². The lowest BCUT2D eigenvalue weighted by atomic mass is 10.1. The fourth-order valence-corrected chi connectivity index (χ4v) is 5.43. The van der Waals surface area contributed by atoms with Gasteiger partial charge in [0.05, 0.1) is 5.69 Å². The van der Waals surface area contributed by atoms with E-state index in [1.165, 1.54) is 10.4 Å². The van der Waals surface area contributed by atoms with Crippen LogP contribution in [0.2, 0.25) is 0 Å². The number of anilines is 1. The molecule has 0 unspecified atom stereocenters. The predicted molar refractivity (Wildman–Crippen MR) is 116 cm³/mol. The molecule has 0 radical (unpaired) electrons. The highest BCUT2D eigenvalue weighted by Gasteiger charge is 2.33. The number of aryl methyl sites for hydroxylation is 1. The Morgan fingerprint density at radius 2 is 1.72 bits per heavy atom. The number of carbonyl (C=O) groups is 1. The maximum absolute atomic E-state index is 13.3. The fourth-order valence-electron chi connectivity index (χ4n) is 3.86. The van der Waals surface area contributed by atoms with Crippen molar-refractivity contribution in [2.75, 3.05) is 23.9 Å². The van der Waals surface area contributed by atoms with Gasteiger partial charge in [-0.2, -0.15) is 0 Å². The second-order valence-electron chi connectivity index (χ2n) is 8.63. The van der Waals surface area contributed by atoms with Crippen molar-refractivity contribution in [3.05, 3.63) is 47.8 Å². The summed E-state index contributed by atoms with van der Waals surface area (Å²) in [5, 5.41) is 0. The van der Waals surface area contributed by atoms with E-state index in [-0.39, 0.29) is 10.8 Å². The first kappa shape index (κ1) is 21.4. The van der Waals surface area contributed by atoms with Crippen molar-refractivity contribution in [2.45, 2.75) is 39.0 Å². The molecule has 2 heterocycles. The van der Waals surface area contributed by atoms with E-state index in [1.807, 2.05) is 29.2 Å². The van der Waals surface area contributed by atoms with Gasteiger partial charge in [0.2, 0.25) is 0 Å². The number of rotatable bonds is 7. The topological polar surface area (TPSA) is 62.6 Å². The van der Waals surface area contributed by atoms with Crippen LogP contribution in [0.3, 0.4) is 0 Å². The smallest absolute Gasteiger partial charge is 0.270 e. The molecule has 29 heavy (non-hydrogen) atoms. The van der Waals surface area contributed by atoms with Crippen LogP contribution >= 0.6 is 0 Å². The summed E-state index contributed by atoms with van der Waals surface area (Å²) in [7, 11) is -1.99. The summed E-state index contributed by atoms with van der Waals surface area (Å²) in [4.78, 5) is 15.2. The average Bonchev–Trinajstić information content (AvgIpc) is 3.24. The second kappa shape index (κ2) is 8.22. The number of benzene rings is 1. The molecule has 1 aliphatic heterocycles. The van der Waals surface area contributed by atoms with E-state index in [4.69, 9.17) is 0 Å². The van der Waals surface area contributed by atoms with Crippen LogP contribution in [-0.4, -0.2) is 43.4 Å². The third kappa shape index (κ3) is 4.34. The van der Waals surface area contributed by atoms with Crippen molar-refractivity contribution >= 4 is 21.6 Å². The van der Waals surface area contributed by atoms with Crippen molar-refractivity contribution in [3.8, 4) is 0 Å². The lowest BCUT2D eigenvalue weighted by Crippen LogP contribution is -2.37. The molecule has 158 valence electrons. The number of nitrogens with zero attached hydrogens (tertiary/aromatic N) is 3. The molecule has 0 aliphatic carbocycles. The van der Waals surface area contributed by atoms with Crippen molar-refractivity contribution < 1.29 is 13.2 Å². The zero-order valence-corrected chi connectivity index (χ0v) is 18.7. The zero-order chi connectivity index (χ0) is 21.3. The fraction of sp³-hybridized carbons (Fsp3) is 0.500. The van der Waals surface area contributed by atoms with E-state index < -0.39 is 10.0 Å². The molecule has 0 fully saturated rings. The molecule has 6 nitrogen and oxygen atoms in total. The first-order valence-electron chi connectivity index (χ1n) is 10.2. The quantitative estimate of drug-likeness (QED) is 0.692. The van der Waals surface area contributed by atoms with Gasteiger partial charge in [-0.15, -0.1) is 0 Å². The number of hydrogen-bond donors (Lipinski definition) is 0. The number of aromatic nitrogens is 1. The van der Waals surface area contributed by atoms with E-state index in [1.54, 1.807) is 17.8 Å². The standard InChI is InChI=1S/C22H31N3O3S/c1-16(2)13-24(14-17(3)4)22(26)21-12-19(15-23(21)5)29(27,28)25-11-10-18-8-6-7-9-20(18)25/h6-9,12,15-17H,10-11,13-14H2,1-5H3. The Kier molecular flexibility index (Phi) is 6.08. The van der Waals surface area contributed by atoms with Crippen LogP contribution < -0.4 is 4.31 Å². The van der Waals surface area contributed by atoms with Crippen molar-refractivity contribution in [1.82, 2.24) is 9.47 Å². The molecule has 0 spiro atoms. The number of carbonyl (C=O) groups excluding carboxylic acids is 1. The molecule has 0 N–H and O–H groups in total. The Morgan fingerprint density at radius 3 is 2.34 bits per heavy atom. The molecule has 1 amide bonds. The van der Waals surface area contributed by atoms with Gasteiger partial charge in [-0.1, -0.05) is 45.9 Å². The highest BCUT2D eigenvalue weighted by molar-refractivity contribution is 7.92. The molecule has 0 saturated carbocycles. The predicted octanol–water partition coefficient (Wildman–Crippen LogP) is 3.53. The van der Waals surface area contributed by atoms with E-state index in [2.05, 4.69) is 27.7 Å². The summed E-state index contributed by atoms with van der Waals surface area (Å²) >= 11 is 0. The van der Waals surface area contributed by atoms with Gasteiger partial charge in [0, 0.05) is 32.9 Å². The average molecular weight is 418 g/mol. The molecule has 3 rings (SSSR count). The Hall–Kier alpha value is -2.28. The lowest BCUT2D eigenvalue weighted by molar-refractivity contribution is 0.0705. The zero-order valence-electron chi connectivity index (χ0n) is 17.9. The molecule has 2 aromatic rings. The number of amides is 1. The normalized spacial score (nSPS) is 14.0. The number of fused-ring (bicyclic) bond motifs is 1. The van der Waals surface area contributed by atoms with Gasteiger partial charge < -0.3 is 9.47 Å². The molecular weight excluding hydrogens is 386 g/mol. The minimum atomic E-state index is -3.72. The molecular formula is C22H31N3O3S. The lowest BCUT2D eigenvalue weighted by Gasteiger charge is -2.26. The van der Waals surface area contributed by atoms with E-state index >= 15 is 0 Å². The summed E-state index contributed by atoms with van der Waals surface area (Å²) in [6.45, 7) is 10.0. The minimum Gasteiger partial charge on any atom is -0.345 e. The first-order valence-corrected chi connectivity index (χ1v) is 11.6. The van der Waals surface area contributed by atoms with E-state index in [0.717, 1.165) is 11.3 Å². The second-order valence-corrected chi connectivity index (χ2v) is 10.5. The molecule has 1 aromatic carbocycles. The highest BCUT2D eigenvalue weighted by atomic mass is 32.2. The van der Waals surface area contributed by atoms with Crippen molar-refractivity contribution in [1.29, 1.82) is 0 Å². The van der Waals surface area contributed by atoms with Crippen molar-refractivity contribution in [3.63, 3.8) is 0 Å². The maximum atomic E-state index is 13.3. The van der Waals surface area contributed by atoms with Crippen LogP contribution in [0.1, 0.15) is 43.7 Å². The third-order valence-electron chi connectivity index (χ3n) is 5.09. The summed E-state index contributed by atoms with van der Waals surface area (Å²) < 4.78 is 29.7. The van der Waals surface area contributed by atoms with Crippen LogP contribution in [0.5, 0.6) is 0 Å². The summed E-state index contributed by atoms with van der Waals surface area (Å²) in [6.07, 6.45) is 2.25. The van der Waals surface area contributed by atoms with Crippen LogP contribution in [0.15, 0.2) is 41.4 Å². The molecule has 1 aliphatic rings. The SMILES string of the molecule is CC(C)CN(CC(C)C)C(=O)c1cc(S(=O)(=O)N2CCc3ccccc32)cn1C. The molecule has 0 saturated heterocycles. The van der Waals surface area contributed by atoms with Gasteiger partial charge in [-0.05, 0) is 36.0 Å². The van der Waals surface area contributed by atoms with Crippen LogP contribution in [0.25, 0.3) is 0 Å². The van der Waals surface area contributed by atoms with E-state index in [0.29, 0.717) is 43.6 Å². The van der Waals surface area contributed by atoms with Gasteiger partial charge >= 0.3 is 0 Å². The van der Waals surface area contributed by atoms with E-state index in [9.17, 15) is 13.2 Å². The summed E-state index contributed by atoms with van der Waals surface area (Å²) in [5.41, 5.74) is 2.16. The maximum Gasteiger partial charge on any atom is 0.270 e. The van der Waals surface area contributed by atoms with Crippen LogP contribution in [0, 0.1) is 11.8 Å². The molecule has 7 heteroatoms. The Balaban J connectivity index is 1.92. The molecule has 1 aromatic heterocycles. The van der Waals surface area contributed by atoms with Gasteiger partial charge in [0.1, 0.15) is 10.6 Å². The van der Waals surface area contributed by atoms with Gasteiger partial charge in [0.25, 0.3) is 15.9 Å². The summed E-state index contributed by atoms with van der Waals surface area (Å²) in [6, 6.07) is 9.09. The Labute approximate surface area is 174 Å². The Bertz CT molecular complexity index is 982. The van der Waals surface area contributed by atoms with Crippen molar-refractivity contribution in [2.24, 2.45) is 18.9 Å². The minimum absolute atomic E-state index is 0.127. The van der Waals surface area contributed by atoms with Gasteiger partial charge in [-0.25, -0.2) is 8.42 Å². The number of sulfonamides is 1. The summed E-state index contributed by atoms with van der Waals surface area (Å²) in [5.74, 6) is 0.544. The first-order chi connectivity index (χ1) is 13.6. The van der Waals surface area contributed by atoms with Gasteiger partial charge in [-0.3, -0.25) is 9.10 Å². The Morgan fingerprint density at radius 1 is 1.10 bits per heavy atom. The number of hydrogen-bond acceptors (Lipinski definition) is 3. The monoisotopic (exact) mass is 417 g/mol. The third-order valence-corrected chi connectivity index (χ3v) is 6.87. The van der Waals surface area contributed by atoms with Gasteiger partial charge in [0.15, 0.2) is 0 Å². The molecule has 0 atom stereocenters. The van der Waals surface area contributed by atoms with Crippen LogP contribution in [0.4, 0.5) is 5.69 Å². The largest absolute Gasteiger partial charge is 0.345 e. The number of para-hydroxylation sites is 1.